The Bertz CT molecular complexity index is 1470. The van der Waals surface area contributed by atoms with Crippen LogP contribution in [0.5, 0.6) is 0 Å². The highest BCUT2D eigenvalue weighted by atomic mass is 32.2. The number of Topliss-reactive ketones (excluding diaryl/α,β-unsaturated/α-hetero) is 1. The van der Waals surface area contributed by atoms with Crippen LogP contribution < -0.4 is 0 Å². The normalized spacial score (nSPS) is 36.9. The number of hydrogen-bond acceptors (Lipinski definition) is 11. The first-order chi connectivity index (χ1) is 20.5. The molecule has 3 saturated carbocycles. The highest BCUT2D eigenvalue weighted by molar-refractivity contribution is 7.86. The van der Waals surface area contributed by atoms with Gasteiger partial charge in [-0.05, 0) is 48.4 Å². The van der Waals surface area contributed by atoms with Crippen molar-refractivity contribution in [2.75, 3.05) is 5.75 Å². The minimum atomic E-state index is -4.37. The van der Waals surface area contributed by atoms with Crippen LogP contribution in [0.25, 0.3) is 0 Å². The number of carbonyl (C=O) groups is 3. The monoisotopic (exact) mass is 612 g/mol. The molecular formula is C31H32O11S. The smallest absolute Gasteiger partial charge is 0.338 e. The van der Waals surface area contributed by atoms with E-state index in [9.17, 15) is 22.8 Å². The van der Waals surface area contributed by atoms with Gasteiger partial charge in [0.15, 0.2) is 12.2 Å². The number of esters is 2. The Kier molecular flexibility index (Phi) is 6.78. The number of ether oxygens (including phenoxy) is 5. The van der Waals surface area contributed by atoms with E-state index in [4.69, 9.17) is 27.9 Å². The number of fused-ring (bicyclic) bond motifs is 2. The molecule has 8 rings (SSSR count). The average molecular weight is 613 g/mol. The molecule has 6 bridgehead atoms. The van der Waals surface area contributed by atoms with Crippen LogP contribution in [0.15, 0.2) is 60.7 Å². The lowest BCUT2D eigenvalue weighted by Gasteiger charge is -2.57. The fourth-order valence-corrected chi connectivity index (χ4v) is 9.50. The molecule has 2 aromatic carbocycles. The second-order valence-corrected chi connectivity index (χ2v) is 14.1. The molecule has 3 unspecified atom stereocenters. The Morgan fingerprint density at radius 1 is 0.814 bits per heavy atom. The molecule has 2 aromatic rings. The van der Waals surface area contributed by atoms with E-state index in [1.807, 2.05) is 13.8 Å². The van der Waals surface area contributed by atoms with E-state index in [1.54, 1.807) is 60.7 Å². The fourth-order valence-electron chi connectivity index (χ4n) is 7.59. The summed E-state index contributed by atoms with van der Waals surface area (Å²) in [6.07, 6.45) is -5.41. The molecule has 6 fully saturated rings. The molecule has 0 radical (unpaired) electrons. The summed E-state index contributed by atoms with van der Waals surface area (Å²) in [6, 6.07) is 16.5. The lowest BCUT2D eigenvalue weighted by atomic mass is 9.70. The van der Waals surface area contributed by atoms with Gasteiger partial charge >= 0.3 is 11.9 Å². The van der Waals surface area contributed by atoms with Crippen molar-refractivity contribution in [2.24, 2.45) is 16.7 Å². The second-order valence-electron chi connectivity index (χ2n) is 12.5. The third-order valence-corrected chi connectivity index (χ3v) is 11.4. The Labute approximate surface area is 248 Å². The van der Waals surface area contributed by atoms with Gasteiger partial charge < -0.3 is 23.7 Å². The molecule has 3 aliphatic heterocycles. The number of hydrogen-bond donors (Lipinski definition) is 0. The number of rotatable bonds is 8. The van der Waals surface area contributed by atoms with Crippen molar-refractivity contribution in [1.29, 1.82) is 0 Å². The van der Waals surface area contributed by atoms with Crippen molar-refractivity contribution < 1.29 is 50.7 Å². The maximum Gasteiger partial charge on any atom is 0.338 e. The lowest BCUT2D eigenvalue weighted by molar-refractivity contribution is -0.476. The molecule has 0 N–H and O–H groups in total. The molecule has 0 amide bonds. The summed E-state index contributed by atoms with van der Waals surface area (Å²) in [5.74, 6) is -1.85. The Hall–Kier alpha value is -3.16. The van der Waals surface area contributed by atoms with Crippen LogP contribution in [-0.2, 0) is 42.8 Å². The van der Waals surface area contributed by atoms with Gasteiger partial charge in [0.05, 0.1) is 22.3 Å². The molecule has 3 heterocycles. The third kappa shape index (κ3) is 4.62. The average Bonchev–Trinajstić information content (AvgIpc) is 3.33. The van der Waals surface area contributed by atoms with Gasteiger partial charge in [-0.2, -0.15) is 8.42 Å². The van der Waals surface area contributed by atoms with Gasteiger partial charge in [-0.15, -0.1) is 0 Å². The Balaban J connectivity index is 1.20. The molecule has 3 saturated heterocycles. The van der Waals surface area contributed by atoms with Crippen molar-refractivity contribution >= 4 is 27.8 Å². The van der Waals surface area contributed by atoms with Crippen LogP contribution in [0.2, 0.25) is 0 Å². The highest BCUT2D eigenvalue weighted by Gasteiger charge is 2.68. The van der Waals surface area contributed by atoms with Crippen molar-refractivity contribution in [1.82, 2.24) is 0 Å². The van der Waals surface area contributed by atoms with Crippen molar-refractivity contribution in [3.05, 3.63) is 71.8 Å². The van der Waals surface area contributed by atoms with Crippen LogP contribution in [-0.4, -0.2) is 75.0 Å². The van der Waals surface area contributed by atoms with Gasteiger partial charge in [-0.25, -0.2) is 9.59 Å². The topological polar surface area (TPSA) is 141 Å². The summed E-state index contributed by atoms with van der Waals surface area (Å²) in [5, 5.41) is 0. The number of benzene rings is 2. The fraction of sp³-hybridized carbons (Fsp3) is 0.516. The largest absolute Gasteiger partial charge is 0.453 e. The van der Waals surface area contributed by atoms with Gasteiger partial charge in [0, 0.05) is 6.42 Å². The first-order valence-electron chi connectivity index (χ1n) is 14.4. The summed E-state index contributed by atoms with van der Waals surface area (Å²) >= 11 is 0. The van der Waals surface area contributed by atoms with Crippen molar-refractivity contribution in [2.45, 2.75) is 76.2 Å². The second kappa shape index (κ2) is 10.2. The molecular weight excluding hydrogens is 580 g/mol. The summed E-state index contributed by atoms with van der Waals surface area (Å²) in [7, 11) is -4.37. The zero-order valence-electron chi connectivity index (χ0n) is 23.6. The van der Waals surface area contributed by atoms with Crippen molar-refractivity contribution in [3.63, 3.8) is 0 Å². The van der Waals surface area contributed by atoms with E-state index >= 15 is 0 Å². The third-order valence-electron chi connectivity index (χ3n) is 10.1. The molecule has 0 aromatic heterocycles. The van der Waals surface area contributed by atoms with E-state index in [-0.39, 0.29) is 22.8 Å². The van der Waals surface area contributed by atoms with Crippen LogP contribution >= 0.6 is 0 Å². The van der Waals surface area contributed by atoms with Gasteiger partial charge in [0.25, 0.3) is 16.6 Å². The van der Waals surface area contributed by atoms with E-state index in [0.29, 0.717) is 12.8 Å². The van der Waals surface area contributed by atoms with Crippen LogP contribution in [0, 0.1) is 16.7 Å². The highest BCUT2D eigenvalue weighted by Crippen LogP contribution is 2.64. The molecule has 228 valence electrons. The standard InChI is InChI=1S/C31H32O11S/c1-30(2)19-13-14-31(30,20(32)15-19)16-43(35,36)42-26-24-21(37-27(33)17-9-5-3-6-10-17)23-22(25(26)41-29(39-23)40-24)38-28(34)18-11-7-4-8-12-18/h3-12,19,21-26,29H,13-16H2,1-2H3/t19-,21-,22-,23?,24-,25+,26?,29?,31-/m1/s1. The molecule has 43 heavy (non-hydrogen) atoms. The SMILES string of the molecule is CC1(C)[C@@H]2CC[C@@]1(CS(=O)(=O)OC1[C@H]3OC4OC([C@H]3OC(=O)c3ccccc3)[C@@H](OC(=O)c3ccccc3)[C@H]1O4)C(=O)C2. The Morgan fingerprint density at radius 2 is 1.30 bits per heavy atom. The number of ketones is 1. The Morgan fingerprint density at radius 3 is 1.74 bits per heavy atom. The van der Waals surface area contributed by atoms with Gasteiger partial charge in [0.2, 0.25) is 0 Å². The summed E-state index contributed by atoms with van der Waals surface area (Å²) in [6.45, 7) is 2.68. The predicted octanol–water partition coefficient (Wildman–Crippen LogP) is 3.03. The van der Waals surface area contributed by atoms with Gasteiger partial charge in [-0.3, -0.25) is 8.98 Å². The summed E-state index contributed by atoms with van der Waals surface area (Å²) in [5.41, 5.74) is -1.06. The minimum absolute atomic E-state index is 0.0729. The molecule has 6 aliphatic rings. The van der Waals surface area contributed by atoms with E-state index in [1.165, 1.54) is 0 Å². The van der Waals surface area contributed by atoms with Gasteiger partial charge in [0.1, 0.15) is 30.2 Å². The maximum atomic E-state index is 13.8. The first-order valence-corrected chi connectivity index (χ1v) is 16.0. The van der Waals surface area contributed by atoms with E-state index in [2.05, 4.69) is 0 Å². The minimum Gasteiger partial charge on any atom is -0.453 e. The van der Waals surface area contributed by atoms with E-state index in [0.717, 1.165) is 6.42 Å². The molecule has 12 heteroatoms. The van der Waals surface area contributed by atoms with E-state index < -0.39 is 81.7 Å². The molecule has 3 aliphatic carbocycles. The molecule has 9 atom stereocenters. The summed E-state index contributed by atoms with van der Waals surface area (Å²) < 4.78 is 62.6. The van der Waals surface area contributed by atoms with Crippen molar-refractivity contribution in [3.8, 4) is 0 Å². The maximum absolute atomic E-state index is 13.8. The first kappa shape index (κ1) is 28.6. The molecule has 11 nitrogen and oxygen atoms in total. The van der Waals surface area contributed by atoms with Gasteiger partial charge in [-0.1, -0.05) is 50.2 Å². The van der Waals surface area contributed by atoms with Crippen LogP contribution in [0.3, 0.4) is 0 Å². The molecule has 0 spiro atoms. The zero-order valence-corrected chi connectivity index (χ0v) is 24.4. The quantitative estimate of drug-likeness (QED) is 0.321. The number of carbonyl (C=O) groups excluding carboxylic acids is 3. The predicted molar refractivity (Wildman–Crippen MR) is 147 cm³/mol. The lowest BCUT2D eigenvalue weighted by Crippen LogP contribution is -2.76. The van der Waals surface area contributed by atoms with Crippen LogP contribution in [0.1, 0.15) is 53.8 Å². The summed E-state index contributed by atoms with van der Waals surface area (Å²) in [4.78, 5) is 39.4. The van der Waals surface area contributed by atoms with Crippen LogP contribution in [0.4, 0.5) is 0 Å². The zero-order chi connectivity index (χ0) is 30.1.